The highest BCUT2D eigenvalue weighted by atomic mass is 35.5. The zero-order chi connectivity index (χ0) is 14.0. The third kappa shape index (κ3) is 2.59. The molecule has 1 fully saturated rings. The Bertz CT molecular complexity index is 518. The summed E-state index contributed by atoms with van der Waals surface area (Å²) < 4.78 is 0. The third-order valence-corrected chi connectivity index (χ3v) is 3.94. The minimum Gasteiger partial charge on any atom is -0.370 e. The van der Waals surface area contributed by atoms with Crippen LogP contribution in [0, 0.1) is 5.41 Å². The van der Waals surface area contributed by atoms with Crippen molar-refractivity contribution in [2.45, 2.75) is 13.3 Å². The van der Waals surface area contributed by atoms with Crippen molar-refractivity contribution in [1.82, 2.24) is 5.32 Å². The van der Waals surface area contributed by atoms with E-state index in [2.05, 4.69) is 10.2 Å². The van der Waals surface area contributed by atoms with Gasteiger partial charge in [-0.2, -0.15) is 0 Å². The van der Waals surface area contributed by atoms with E-state index in [1.807, 2.05) is 13.0 Å². The monoisotopic (exact) mass is 280 g/mol. The van der Waals surface area contributed by atoms with Gasteiger partial charge in [0.1, 0.15) is 0 Å². The second-order valence-corrected chi connectivity index (χ2v) is 5.57. The van der Waals surface area contributed by atoms with Crippen molar-refractivity contribution in [1.29, 1.82) is 0 Å². The molecule has 1 N–H and O–H groups in total. The Hall–Kier alpha value is -1.55. The van der Waals surface area contributed by atoms with E-state index in [0.717, 1.165) is 24.9 Å². The lowest BCUT2D eigenvalue weighted by Crippen LogP contribution is -2.39. The van der Waals surface area contributed by atoms with Gasteiger partial charge in [0, 0.05) is 36.4 Å². The maximum absolute atomic E-state index is 11.9. The number of aldehydes is 1. The average Bonchev–Trinajstić information content (AvgIpc) is 2.81. The molecule has 102 valence electrons. The zero-order valence-corrected chi connectivity index (χ0v) is 11.8. The minimum absolute atomic E-state index is 0.0385. The number of hydrogen-bond acceptors (Lipinski definition) is 3. The van der Waals surface area contributed by atoms with Crippen LogP contribution in [0.2, 0.25) is 5.02 Å². The Morgan fingerprint density at radius 2 is 2.26 bits per heavy atom. The lowest BCUT2D eigenvalue weighted by molar-refractivity contribution is -0.128. The number of carbonyl (C=O) groups is 2. The zero-order valence-electron chi connectivity index (χ0n) is 11.1. The van der Waals surface area contributed by atoms with E-state index in [4.69, 9.17) is 11.6 Å². The van der Waals surface area contributed by atoms with Gasteiger partial charge in [0.2, 0.25) is 5.91 Å². The first kappa shape index (κ1) is 13.9. The first-order chi connectivity index (χ1) is 9.00. The highest BCUT2D eigenvalue weighted by Crippen LogP contribution is 2.35. The summed E-state index contributed by atoms with van der Waals surface area (Å²) in [5.74, 6) is 0.0385. The SMILES string of the molecule is CNC(=O)C1(C)CCN(c2ccc(Cl)cc2C=O)C1. The molecule has 1 aromatic rings. The molecule has 1 aliphatic heterocycles. The van der Waals surface area contributed by atoms with Crippen LogP contribution in [-0.2, 0) is 4.79 Å². The number of amides is 1. The van der Waals surface area contributed by atoms with E-state index in [0.29, 0.717) is 17.1 Å². The van der Waals surface area contributed by atoms with Gasteiger partial charge in [0.15, 0.2) is 6.29 Å². The van der Waals surface area contributed by atoms with Crippen LogP contribution in [0.25, 0.3) is 0 Å². The molecule has 0 aliphatic carbocycles. The van der Waals surface area contributed by atoms with E-state index < -0.39 is 5.41 Å². The molecule has 0 spiro atoms. The van der Waals surface area contributed by atoms with Crippen molar-refractivity contribution in [3.63, 3.8) is 0 Å². The van der Waals surface area contributed by atoms with Crippen molar-refractivity contribution in [2.75, 3.05) is 25.0 Å². The first-order valence-corrected chi connectivity index (χ1v) is 6.60. The summed E-state index contributed by atoms with van der Waals surface area (Å²) in [6, 6.07) is 5.25. The van der Waals surface area contributed by atoms with Crippen molar-refractivity contribution >= 4 is 29.5 Å². The smallest absolute Gasteiger partial charge is 0.227 e. The first-order valence-electron chi connectivity index (χ1n) is 6.22. The number of rotatable bonds is 3. The molecule has 4 nitrogen and oxygen atoms in total. The number of anilines is 1. The molecule has 1 atom stereocenters. The van der Waals surface area contributed by atoms with Gasteiger partial charge in [0.25, 0.3) is 0 Å². The van der Waals surface area contributed by atoms with Crippen molar-refractivity contribution in [2.24, 2.45) is 5.41 Å². The van der Waals surface area contributed by atoms with E-state index in [-0.39, 0.29) is 5.91 Å². The van der Waals surface area contributed by atoms with E-state index in [1.165, 1.54) is 0 Å². The third-order valence-electron chi connectivity index (χ3n) is 3.71. The predicted octanol–water partition coefficient (Wildman–Crippen LogP) is 2.11. The summed E-state index contributed by atoms with van der Waals surface area (Å²) in [5.41, 5.74) is 0.995. The van der Waals surface area contributed by atoms with Crippen molar-refractivity contribution < 1.29 is 9.59 Å². The lowest BCUT2D eigenvalue weighted by atomic mass is 9.89. The van der Waals surface area contributed by atoms with Crippen LogP contribution < -0.4 is 10.2 Å². The number of nitrogens with one attached hydrogen (secondary N) is 1. The van der Waals surface area contributed by atoms with Crippen LogP contribution in [0.1, 0.15) is 23.7 Å². The molecule has 0 bridgehead atoms. The summed E-state index contributed by atoms with van der Waals surface area (Å²) in [4.78, 5) is 25.1. The standard InChI is InChI=1S/C14H17ClN2O2/c1-14(13(19)16-2)5-6-17(9-14)12-4-3-11(15)7-10(12)8-18/h3-4,7-8H,5-6,9H2,1-2H3,(H,16,19). The number of benzene rings is 1. The van der Waals surface area contributed by atoms with Gasteiger partial charge in [-0.3, -0.25) is 9.59 Å². The Morgan fingerprint density at radius 1 is 1.53 bits per heavy atom. The van der Waals surface area contributed by atoms with E-state index >= 15 is 0 Å². The van der Waals surface area contributed by atoms with Crippen LogP contribution in [0.5, 0.6) is 0 Å². The van der Waals surface area contributed by atoms with E-state index in [1.54, 1.807) is 19.2 Å². The Kier molecular flexibility index (Phi) is 3.80. The van der Waals surface area contributed by atoms with Crippen molar-refractivity contribution in [3.05, 3.63) is 28.8 Å². The molecule has 2 rings (SSSR count). The summed E-state index contributed by atoms with van der Waals surface area (Å²) in [5, 5.41) is 3.24. The van der Waals surface area contributed by atoms with Crippen molar-refractivity contribution in [3.8, 4) is 0 Å². The normalized spacial score (nSPS) is 22.4. The Balaban J connectivity index is 2.26. The molecule has 1 aliphatic rings. The second kappa shape index (κ2) is 5.21. The Morgan fingerprint density at radius 3 is 2.89 bits per heavy atom. The van der Waals surface area contributed by atoms with Crippen LogP contribution in [-0.4, -0.2) is 32.3 Å². The molecule has 1 unspecified atom stereocenters. The molecule has 1 aromatic carbocycles. The van der Waals surface area contributed by atoms with Gasteiger partial charge in [-0.15, -0.1) is 0 Å². The molecule has 0 aromatic heterocycles. The molecular weight excluding hydrogens is 264 g/mol. The molecule has 1 saturated heterocycles. The van der Waals surface area contributed by atoms with Crippen LogP contribution in [0.4, 0.5) is 5.69 Å². The summed E-state index contributed by atoms with van der Waals surface area (Å²) in [6.45, 7) is 3.31. The highest BCUT2D eigenvalue weighted by Gasteiger charge is 2.40. The van der Waals surface area contributed by atoms with Crippen LogP contribution in [0.15, 0.2) is 18.2 Å². The quantitative estimate of drug-likeness (QED) is 0.863. The highest BCUT2D eigenvalue weighted by molar-refractivity contribution is 6.31. The predicted molar refractivity (Wildman–Crippen MR) is 75.8 cm³/mol. The van der Waals surface area contributed by atoms with Gasteiger partial charge in [0.05, 0.1) is 5.41 Å². The van der Waals surface area contributed by atoms with Gasteiger partial charge >= 0.3 is 0 Å². The molecule has 1 amide bonds. The van der Waals surface area contributed by atoms with E-state index in [9.17, 15) is 9.59 Å². The molecular formula is C14H17ClN2O2. The minimum atomic E-state index is -0.408. The molecule has 5 heteroatoms. The van der Waals surface area contributed by atoms with Gasteiger partial charge < -0.3 is 10.2 Å². The molecule has 19 heavy (non-hydrogen) atoms. The van der Waals surface area contributed by atoms with Crippen LogP contribution >= 0.6 is 11.6 Å². The van der Waals surface area contributed by atoms with Gasteiger partial charge in [-0.05, 0) is 31.5 Å². The van der Waals surface area contributed by atoms with Gasteiger partial charge in [-0.25, -0.2) is 0 Å². The fourth-order valence-corrected chi connectivity index (χ4v) is 2.74. The molecule has 0 radical (unpaired) electrons. The number of hydrogen-bond donors (Lipinski definition) is 1. The number of nitrogens with zero attached hydrogens (tertiary/aromatic N) is 1. The molecule has 1 heterocycles. The maximum atomic E-state index is 11.9. The number of halogens is 1. The fourth-order valence-electron chi connectivity index (χ4n) is 2.56. The van der Waals surface area contributed by atoms with Gasteiger partial charge in [-0.1, -0.05) is 11.6 Å². The average molecular weight is 281 g/mol. The maximum Gasteiger partial charge on any atom is 0.227 e. The topological polar surface area (TPSA) is 49.4 Å². The molecule has 0 saturated carbocycles. The fraction of sp³-hybridized carbons (Fsp3) is 0.429. The number of carbonyl (C=O) groups excluding carboxylic acids is 2. The summed E-state index contributed by atoms with van der Waals surface area (Å²) >= 11 is 5.89. The van der Waals surface area contributed by atoms with Crippen LogP contribution in [0.3, 0.4) is 0 Å². The Labute approximate surface area is 117 Å². The largest absolute Gasteiger partial charge is 0.370 e. The lowest BCUT2D eigenvalue weighted by Gasteiger charge is -2.24. The second-order valence-electron chi connectivity index (χ2n) is 5.13. The summed E-state index contributed by atoms with van der Waals surface area (Å²) in [6.07, 6.45) is 1.57. The summed E-state index contributed by atoms with van der Waals surface area (Å²) in [7, 11) is 1.65.